The summed E-state index contributed by atoms with van der Waals surface area (Å²) in [5.41, 5.74) is 2.90. The second-order valence-electron chi connectivity index (χ2n) is 3.31. The van der Waals surface area contributed by atoms with Crippen LogP contribution in [0.3, 0.4) is 0 Å². The van der Waals surface area contributed by atoms with Gasteiger partial charge in [-0.2, -0.15) is 0 Å². The van der Waals surface area contributed by atoms with Gasteiger partial charge in [0.25, 0.3) is 0 Å². The first kappa shape index (κ1) is 8.52. The van der Waals surface area contributed by atoms with E-state index in [1.165, 1.54) is 36.8 Å². The van der Waals surface area contributed by atoms with E-state index < -0.39 is 0 Å². The number of fused-ring (bicyclic) bond motifs is 1. The van der Waals surface area contributed by atoms with Crippen molar-refractivity contribution in [2.24, 2.45) is 0 Å². The molecule has 1 aliphatic rings. The molecule has 2 rings (SSSR count). The molecule has 0 N–H and O–H groups in total. The third-order valence-corrected chi connectivity index (χ3v) is 3.08. The van der Waals surface area contributed by atoms with Gasteiger partial charge in [-0.25, -0.2) is 0 Å². The molecule has 12 heavy (non-hydrogen) atoms. The van der Waals surface area contributed by atoms with Gasteiger partial charge >= 0.3 is 0 Å². The van der Waals surface area contributed by atoms with Gasteiger partial charge in [-0.3, -0.25) is 0 Å². The van der Waals surface area contributed by atoms with Crippen molar-refractivity contribution in [3.8, 4) is 0 Å². The molecule has 1 aromatic rings. The quantitative estimate of drug-likeness (QED) is 0.585. The molecule has 0 bridgehead atoms. The summed E-state index contributed by atoms with van der Waals surface area (Å²) in [7, 11) is 0. The van der Waals surface area contributed by atoms with Crippen LogP contribution in [0.5, 0.6) is 0 Å². The number of benzene rings is 1. The van der Waals surface area contributed by atoms with Crippen molar-refractivity contribution in [3.05, 3.63) is 23.3 Å². The molecule has 0 amide bonds. The van der Waals surface area contributed by atoms with Crippen molar-refractivity contribution in [1.29, 1.82) is 0 Å². The van der Waals surface area contributed by atoms with Crippen LogP contribution in [0.1, 0.15) is 24.0 Å². The Morgan fingerprint density at radius 1 is 1.00 bits per heavy atom. The van der Waals surface area contributed by atoms with Gasteiger partial charge in [0.1, 0.15) is 0 Å². The fourth-order valence-corrected chi connectivity index (χ4v) is 2.61. The molecule has 0 aliphatic heterocycles. The molecule has 0 radical (unpaired) electrons. The molecule has 1 aromatic carbocycles. The molecule has 0 fully saturated rings. The maximum Gasteiger partial charge on any atom is 0.00858 e. The molecule has 0 aromatic heterocycles. The number of hydrogen-bond donors (Lipinski definition) is 2. The van der Waals surface area contributed by atoms with E-state index in [-0.39, 0.29) is 0 Å². The van der Waals surface area contributed by atoms with E-state index in [1.807, 2.05) is 6.07 Å². The van der Waals surface area contributed by atoms with Crippen LogP contribution in [-0.2, 0) is 12.8 Å². The van der Waals surface area contributed by atoms with Gasteiger partial charge in [-0.05, 0) is 48.9 Å². The highest BCUT2D eigenvalue weighted by Crippen LogP contribution is 2.29. The summed E-state index contributed by atoms with van der Waals surface area (Å²) in [6.45, 7) is 0. The van der Waals surface area contributed by atoms with Crippen LogP contribution >= 0.6 is 25.3 Å². The topological polar surface area (TPSA) is 0 Å². The van der Waals surface area contributed by atoms with Crippen molar-refractivity contribution >= 4 is 25.3 Å². The fraction of sp³-hybridized carbons (Fsp3) is 0.400. The van der Waals surface area contributed by atoms with Gasteiger partial charge in [0.05, 0.1) is 0 Å². The summed E-state index contributed by atoms with van der Waals surface area (Å²) in [6.07, 6.45) is 5.03. The van der Waals surface area contributed by atoms with E-state index in [9.17, 15) is 0 Å². The van der Waals surface area contributed by atoms with Gasteiger partial charge in [0.2, 0.25) is 0 Å². The van der Waals surface area contributed by atoms with Gasteiger partial charge in [0.15, 0.2) is 0 Å². The lowest BCUT2D eigenvalue weighted by Gasteiger charge is -2.17. The normalized spacial score (nSPS) is 15.8. The Labute approximate surface area is 84.2 Å². The molecule has 0 saturated heterocycles. The highest BCUT2D eigenvalue weighted by molar-refractivity contribution is 7.81. The van der Waals surface area contributed by atoms with Crippen molar-refractivity contribution in [1.82, 2.24) is 0 Å². The lowest BCUT2D eigenvalue weighted by atomic mass is 9.92. The van der Waals surface area contributed by atoms with Crippen molar-refractivity contribution in [3.63, 3.8) is 0 Å². The highest BCUT2D eigenvalue weighted by atomic mass is 32.1. The Morgan fingerprint density at radius 3 is 2.58 bits per heavy atom. The van der Waals surface area contributed by atoms with Crippen LogP contribution in [0.15, 0.2) is 21.9 Å². The zero-order chi connectivity index (χ0) is 8.55. The molecule has 0 saturated carbocycles. The summed E-state index contributed by atoms with van der Waals surface area (Å²) >= 11 is 8.80. The zero-order valence-electron chi connectivity index (χ0n) is 6.88. The van der Waals surface area contributed by atoms with Crippen molar-refractivity contribution in [2.45, 2.75) is 35.5 Å². The Balaban J connectivity index is 2.53. The third-order valence-electron chi connectivity index (χ3n) is 2.43. The zero-order valence-corrected chi connectivity index (χ0v) is 8.67. The predicted octanol–water partition coefficient (Wildman–Crippen LogP) is 3.14. The van der Waals surface area contributed by atoms with Crippen LogP contribution in [0.2, 0.25) is 0 Å². The number of rotatable bonds is 0. The molecule has 64 valence electrons. The second-order valence-corrected chi connectivity index (χ2v) is 4.31. The first-order valence-corrected chi connectivity index (χ1v) is 5.20. The third kappa shape index (κ3) is 1.50. The van der Waals surface area contributed by atoms with Crippen LogP contribution in [-0.4, -0.2) is 0 Å². The smallest absolute Gasteiger partial charge is 0.00858 e. The number of hydrogen-bond acceptors (Lipinski definition) is 2. The fourth-order valence-electron chi connectivity index (χ4n) is 1.83. The summed E-state index contributed by atoms with van der Waals surface area (Å²) < 4.78 is 0. The van der Waals surface area contributed by atoms with Crippen LogP contribution < -0.4 is 0 Å². The molecule has 0 unspecified atom stereocenters. The minimum atomic E-state index is 1.04. The molecule has 0 atom stereocenters. The van der Waals surface area contributed by atoms with E-state index in [0.717, 1.165) is 9.79 Å². The first-order valence-electron chi connectivity index (χ1n) is 4.31. The Morgan fingerprint density at radius 2 is 1.75 bits per heavy atom. The maximum atomic E-state index is 4.46. The van der Waals surface area contributed by atoms with Crippen LogP contribution in [0.25, 0.3) is 0 Å². The summed E-state index contributed by atoms with van der Waals surface area (Å²) in [5.74, 6) is 0. The Kier molecular flexibility index (Phi) is 2.37. The Hall–Kier alpha value is -0.0800. The van der Waals surface area contributed by atoms with E-state index in [4.69, 9.17) is 0 Å². The lowest BCUT2D eigenvalue weighted by molar-refractivity contribution is 0.673. The molecular formula is C10H12S2. The van der Waals surface area contributed by atoms with E-state index in [2.05, 4.69) is 31.3 Å². The first-order chi connectivity index (χ1) is 5.77. The molecule has 0 nitrogen and oxygen atoms in total. The largest absolute Gasteiger partial charge is 0.143 e. The molecule has 2 heteroatoms. The lowest BCUT2D eigenvalue weighted by Crippen LogP contribution is -2.03. The van der Waals surface area contributed by atoms with Crippen molar-refractivity contribution < 1.29 is 0 Å². The second kappa shape index (κ2) is 3.35. The minimum absolute atomic E-state index is 1.04. The summed E-state index contributed by atoms with van der Waals surface area (Å²) in [6, 6.07) is 4.22. The van der Waals surface area contributed by atoms with Gasteiger partial charge in [0, 0.05) is 9.79 Å². The molecule has 0 spiro atoms. The van der Waals surface area contributed by atoms with Crippen LogP contribution in [0, 0.1) is 0 Å². The minimum Gasteiger partial charge on any atom is -0.143 e. The van der Waals surface area contributed by atoms with Gasteiger partial charge < -0.3 is 0 Å². The summed E-state index contributed by atoms with van der Waals surface area (Å²) in [4.78, 5) is 2.16. The Bertz CT molecular complexity index is 305. The van der Waals surface area contributed by atoms with Crippen LogP contribution in [0.4, 0.5) is 0 Å². The van der Waals surface area contributed by atoms with E-state index in [1.54, 1.807) is 0 Å². The monoisotopic (exact) mass is 196 g/mol. The van der Waals surface area contributed by atoms with E-state index in [0.29, 0.717) is 0 Å². The molecule has 0 heterocycles. The van der Waals surface area contributed by atoms with Gasteiger partial charge in [-0.15, -0.1) is 25.3 Å². The average molecular weight is 196 g/mol. The average Bonchev–Trinajstić information content (AvgIpc) is 2.04. The standard InChI is InChI=1S/C10H12S2/c11-8-5-7-3-1-2-4-9(7)10(12)6-8/h5-6,11-12H,1-4H2. The SMILES string of the molecule is Sc1cc(S)c2c(c1)CCCC2. The van der Waals surface area contributed by atoms with Crippen molar-refractivity contribution in [2.75, 3.05) is 0 Å². The predicted molar refractivity (Wildman–Crippen MR) is 57.6 cm³/mol. The number of aryl methyl sites for hydroxylation is 1. The van der Waals surface area contributed by atoms with E-state index >= 15 is 0 Å². The van der Waals surface area contributed by atoms with Gasteiger partial charge in [-0.1, -0.05) is 0 Å². The molecule has 1 aliphatic carbocycles. The summed E-state index contributed by atoms with van der Waals surface area (Å²) in [5, 5.41) is 0. The molecular weight excluding hydrogens is 184 g/mol. The highest BCUT2D eigenvalue weighted by Gasteiger charge is 2.11. The maximum absolute atomic E-state index is 4.46. The number of thiol groups is 2.